The fraction of sp³-hybridized carbons (Fsp3) is 0.323. The van der Waals surface area contributed by atoms with E-state index in [1.165, 1.54) is 24.3 Å². The van der Waals surface area contributed by atoms with Gasteiger partial charge in [0.1, 0.15) is 28.5 Å². The minimum atomic E-state index is -5.31. The van der Waals surface area contributed by atoms with Gasteiger partial charge in [-0.05, 0) is 73.9 Å². The number of ether oxygens (including phenoxy) is 2. The molecule has 0 radical (unpaired) electrons. The van der Waals surface area contributed by atoms with Gasteiger partial charge in [-0.2, -0.15) is 13.2 Å². The molecule has 2 N–H and O–H groups in total. The number of aromatic nitrogens is 2. The molecule has 224 valence electrons. The van der Waals surface area contributed by atoms with E-state index in [4.69, 9.17) is 9.47 Å². The van der Waals surface area contributed by atoms with E-state index in [2.05, 4.69) is 15.3 Å². The monoisotopic (exact) mass is 599 g/mol. The minimum absolute atomic E-state index is 0.0138. The zero-order chi connectivity index (χ0) is 30.5. The highest BCUT2D eigenvalue weighted by Gasteiger charge is 2.57. The first kappa shape index (κ1) is 28.8. The number of benzene rings is 2. The van der Waals surface area contributed by atoms with E-state index in [0.29, 0.717) is 16.7 Å². The summed E-state index contributed by atoms with van der Waals surface area (Å²) in [5.41, 5.74) is -3.02. The first-order valence-corrected chi connectivity index (χ1v) is 13.6. The normalized spacial score (nSPS) is 17.7. The molecule has 1 saturated carbocycles. The third-order valence-corrected chi connectivity index (χ3v) is 7.54. The molecule has 7 nitrogen and oxygen atoms in total. The average Bonchev–Trinajstić information content (AvgIpc) is 3.69. The standard InChI is InChI=1S/C31H26F5N3O4/c1-16-8-18-9-19(10-24(26(18)37-13-16)43-22-6-7-22)29(40)38-15-30(41,31(34,35)36)25-11-23-20(12-32)14-42-28(23)27(39-25)17-2-4-21(33)5-3-17/h2-5,8-11,13,20,22,41H,6-7,12,14-15H2,1H3,(H,38,40)/t20-,30+/m1/s1. The average molecular weight is 600 g/mol. The van der Waals surface area contributed by atoms with E-state index in [1.54, 1.807) is 12.3 Å². The maximum Gasteiger partial charge on any atom is 0.424 e. The lowest BCUT2D eigenvalue weighted by Gasteiger charge is -2.31. The molecule has 1 fully saturated rings. The van der Waals surface area contributed by atoms with Crippen molar-refractivity contribution in [2.45, 2.75) is 43.6 Å². The summed E-state index contributed by atoms with van der Waals surface area (Å²) in [5.74, 6) is -1.99. The van der Waals surface area contributed by atoms with Gasteiger partial charge < -0.3 is 19.9 Å². The van der Waals surface area contributed by atoms with Crippen molar-refractivity contribution in [1.29, 1.82) is 0 Å². The molecular weight excluding hydrogens is 573 g/mol. The maximum atomic E-state index is 14.6. The van der Waals surface area contributed by atoms with Gasteiger partial charge in [0.15, 0.2) is 0 Å². The molecule has 43 heavy (non-hydrogen) atoms. The molecule has 1 aliphatic carbocycles. The van der Waals surface area contributed by atoms with Crippen LogP contribution < -0.4 is 14.8 Å². The van der Waals surface area contributed by atoms with Gasteiger partial charge in [-0.25, -0.2) is 9.37 Å². The van der Waals surface area contributed by atoms with Crippen LogP contribution in [0.3, 0.4) is 0 Å². The van der Waals surface area contributed by atoms with Crippen LogP contribution in [-0.4, -0.2) is 53.1 Å². The van der Waals surface area contributed by atoms with Gasteiger partial charge in [0, 0.05) is 28.3 Å². The van der Waals surface area contributed by atoms with Crippen molar-refractivity contribution in [1.82, 2.24) is 15.3 Å². The number of nitrogens with zero attached hydrogens (tertiary/aromatic N) is 2. The summed E-state index contributed by atoms with van der Waals surface area (Å²) in [6.07, 6.45) is -2.02. The van der Waals surface area contributed by atoms with E-state index in [9.17, 15) is 31.9 Å². The highest BCUT2D eigenvalue weighted by atomic mass is 19.4. The number of aliphatic hydroxyl groups is 1. The Morgan fingerprint density at radius 3 is 2.56 bits per heavy atom. The van der Waals surface area contributed by atoms with Gasteiger partial charge >= 0.3 is 6.18 Å². The quantitative estimate of drug-likeness (QED) is 0.245. The molecule has 0 saturated heterocycles. The minimum Gasteiger partial charge on any atom is -0.490 e. The molecule has 2 aromatic heterocycles. The van der Waals surface area contributed by atoms with Crippen molar-refractivity contribution in [3.05, 3.63) is 82.9 Å². The number of alkyl halides is 4. The van der Waals surface area contributed by atoms with Crippen LogP contribution in [0.1, 0.15) is 45.9 Å². The van der Waals surface area contributed by atoms with Crippen LogP contribution in [0, 0.1) is 12.7 Å². The number of carbonyl (C=O) groups is 1. The van der Waals surface area contributed by atoms with E-state index in [0.717, 1.165) is 36.6 Å². The summed E-state index contributed by atoms with van der Waals surface area (Å²) >= 11 is 0. The Kier molecular flexibility index (Phi) is 7.19. The van der Waals surface area contributed by atoms with E-state index in [-0.39, 0.29) is 40.8 Å². The fourth-order valence-corrected chi connectivity index (χ4v) is 4.98. The van der Waals surface area contributed by atoms with Gasteiger partial charge in [0.2, 0.25) is 5.60 Å². The number of pyridine rings is 2. The van der Waals surface area contributed by atoms with Crippen molar-refractivity contribution in [2.75, 3.05) is 19.8 Å². The van der Waals surface area contributed by atoms with E-state index < -0.39 is 48.3 Å². The zero-order valence-electron chi connectivity index (χ0n) is 22.8. The van der Waals surface area contributed by atoms with E-state index >= 15 is 0 Å². The van der Waals surface area contributed by atoms with Gasteiger partial charge in [-0.15, -0.1) is 0 Å². The Morgan fingerprint density at radius 2 is 1.88 bits per heavy atom. The van der Waals surface area contributed by atoms with Crippen LogP contribution in [0.25, 0.3) is 22.2 Å². The number of aryl methyl sites for hydroxylation is 1. The highest BCUT2D eigenvalue weighted by molar-refractivity contribution is 6.00. The Labute approximate surface area is 242 Å². The van der Waals surface area contributed by atoms with Crippen molar-refractivity contribution in [3.8, 4) is 22.8 Å². The number of fused-ring (bicyclic) bond motifs is 2. The predicted octanol–water partition coefficient (Wildman–Crippen LogP) is 5.91. The number of hydrogen-bond acceptors (Lipinski definition) is 6. The molecule has 4 aromatic rings. The van der Waals surface area contributed by atoms with Crippen molar-refractivity contribution < 1.29 is 41.3 Å². The predicted molar refractivity (Wildman–Crippen MR) is 146 cm³/mol. The summed E-state index contributed by atoms with van der Waals surface area (Å²) in [6.45, 7) is -0.559. The van der Waals surface area contributed by atoms with Gasteiger partial charge in [0.25, 0.3) is 5.91 Å². The first-order valence-electron chi connectivity index (χ1n) is 13.6. The summed E-state index contributed by atoms with van der Waals surface area (Å²) in [4.78, 5) is 21.7. The number of carbonyl (C=O) groups excluding carboxylic acids is 1. The third kappa shape index (κ3) is 5.47. The van der Waals surface area contributed by atoms with Gasteiger partial charge in [-0.1, -0.05) is 0 Å². The zero-order valence-corrected chi connectivity index (χ0v) is 22.8. The van der Waals surface area contributed by atoms with Gasteiger partial charge in [0.05, 0.1) is 37.5 Å². The molecule has 1 amide bonds. The Bertz CT molecular complexity index is 1710. The summed E-state index contributed by atoms with van der Waals surface area (Å²) in [7, 11) is 0. The van der Waals surface area contributed by atoms with Crippen molar-refractivity contribution in [3.63, 3.8) is 0 Å². The molecular formula is C31H26F5N3O4. The number of nitrogens with one attached hydrogen (secondary N) is 1. The fourth-order valence-electron chi connectivity index (χ4n) is 4.98. The number of amides is 1. The molecule has 3 heterocycles. The van der Waals surface area contributed by atoms with Crippen LogP contribution in [0.5, 0.6) is 11.5 Å². The smallest absolute Gasteiger partial charge is 0.424 e. The van der Waals surface area contributed by atoms with Crippen molar-refractivity contribution in [2.24, 2.45) is 0 Å². The summed E-state index contributed by atoms with van der Waals surface area (Å²) in [5, 5.41) is 13.9. The molecule has 0 spiro atoms. The molecule has 1 aliphatic heterocycles. The van der Waals surface area contributed by atoms with Gasteiger partial charge in [-0.3, -0.25) is 14.2 Å². The SMILES string of the molecule is Cc1cnc2c(OC3CC3)cc(C(=O)NC[C@](O)(c3cc4c(c(-c5ccc(F)cc5)n3)OC[C@H]4CF)C(F)(F)F)cc2c1. The molecule has 6 rings (SSSR count). The second kappa shape index (κ2) is 10.7. The van der Waals surface area contributed by atoms with Crippen LogP contribution in [0.2, 0.25) is 0 Å². The topological polar surface area (TPSA) is 93.6 Å². The van der Waals surface area contributed by atoms with Crippen LogP contribution in [-0.2, 0) is 5.60 Å². The van der Waals surface area contributed by atoms with Crippen LogP contribution >= 0.6 is 0 Å². The molecule has 0 bridgehead atoms. The molecule has 2 aliphatic rings. The first-order chi connectivity index (χ1) is 20.5. The largest absolute Gasteiger partial charge is 0.490 e. The number of halogens is 5. The highest BCUT2D eigenvalue weighted by Crippen LogP contribution is 2.46. The lowest BCUT2D eigenvalue weighted by atomic mass is 9.92. The summed E-state index contributed by atoms with van der Waals surface area (Å²) < 4.78 is 82.7. The number of hydrogen-bond donors (Lipinski definition) is 2. The molecule has 2 atom stereocenters. The van der Waals surface area contributed by atoms with Crippen molar-refractivity contribution >= 4 is 16.8 Å². The third-order valence-electron chi connectivity index (χ3n) is 7.54. The Hall–Kier alpha value is -4.32. The van der Waals surface area contributed by atoms with Crippen LogP contribution in [0.15, 0.2) is 54.7 Å². The lowest BCUT2D eigenvalue weighted by molar-refractivity contribution is -0.265. The molecule has 12 heteroatoms. The second-order valence-electron chi connectivity index (χ2n) is 10.9. The lowest BCUT2D eigenvalue weighted by Crippen LogP contribution is -2.51. The molecule has 2 aromatic carbocycles. The van der Waals surface area contributed by atoms with Crippen LogP contribution in [0.4, 0.5) is 22.0 Å². The Morgan fingerprint density at radius 1 is 1.14 bits per heavy atom. The van der Waals surface area contributed by atoms with E-state index in [1.807, 2.05) is 6.92 Å². The summed E-state index contributed by atoms with van der Waals surface area (Å²) in [6, 6.07) is 10.4. The maximum absolute atomic E-state index is 14.6. The Balaban J connectivity index is 1.37. The molecule has 0 unspecified atom stereocenters. The number of rotatable bonds is 8. The second-order valence-corrected chi connectivity index (χ2v) is 10.9.